The van der Waals surface area contributed by atoms with E-state index >= 15 is 0 Å². The smallest absolute Gasteiger partial charge is 0.416 e. The number of hydrogen-bond acceptors (Lipinski definition) is 3. The number of rotatable bonds is 5. The number of amides is 2. The fourth-order valence-corrected chi connectivity index (χ4v) is 3.32. The number of carbonyl (C=O) groups is 2. The molecule has 0 radical (unpaired) electrons. The van der Waals surface area contributed by atoms with Gasteiger partial charge in [0, 0.05) is 19.5 Å². The highest BCUT2D eigenvalue weighted by atomic mass is 19.4. The molecule has 0 unspecified atom stereocenters. The lowest BCUT2D eigenvalue weighted by atomic mass is 10.1. The maximum absolute atomic E-state index is 12.8. The maximum atomic E-state index is 12.8. The maximum Gasteiger partial charge on any atom is 0.416 e. The number of benzene rings is 2. The second-order valence-corrected chi connectivity index (χ2v) is 7.00. The molecule has 0 bridgehead atoms. The number of methoxy groups -OCH3 is 1. The standard InChI is InChI=1S/C21H21F3N2O3/c1-13-6-7-18(29-2)17(8-13)26-12-15(10-19(26)27)20(28)25-11-14-4-3-5-16(9-14)21(22,23)24/h3-9,15H,10-12H2,1-2H3,(H,25,28)/t15-/m0/s1. The zero-order valence-electron chi connectivity index (χ0n) is 16.0. The minimum Gasteiger partial charge on any atom is -0.495 e. The number of hydrogen-bond donors (Lipinski definition) is 1. The van der Waals surface area contributed by atoms with Crippen LogP contribution in [0.25, 0.3) is 0 Å². The molecule has 0 aliphatic carbocycles. The van der Waals surface area contributed by atoms with Gasteiger partial charge in [-0.1, -0.05) is 18.2 Å². The van der Waals surface area contributed by atoms with Crippen molar-refractivity contribution in [1.29, 1.82) is 0 Å². The highest BCUT2D eigenvalue weighted by Gasteiger charge is 2.36. The van der Waals surface area contributed by atoms with Gasteiger partial charge in [0.2, 0.25) is 11.8 Å². The van der Waals surface area contributed by atoms with Crippen molar-refractivity contribution < 1.29 is 27.5 Å². The Bertz CT molecular complexity index is 928. The zero-order chi connectivity index (χ0) is 21.2. The van der Waals surface area contributed by atoms with Gasteiger partial charge in [-0.05, 0) is 42.3 Å². The molecule has 1 aliphatic rings. The van der Waals surface area contributed by atoms with Crippen LogP contribution in [0.4, 0.5) is 18.9 Å². The van der Waals surface area contributed by atoms with Crippen LogP contribution in [0, 0.1) is 12.8 Å². The number of ether oxygens (including phenoxy) is 1. The van der Waals surface area contributed by atoms with E-state index in [1.807, 2.05) is 19.1 Å². The Balaban J connectivity index is 1.66. The molecular formula is C21H21F3N2O3. The van der Waals surface area contributed by atoms with E-state index in [1.54, 1.807) is 6.07 Å². The molecule has 2 aromatic carbocycles. The van der Waals surface area contributed by atoms with Crippen molar-refractivity contribution in [1.82, 2.24) is 5.32 Å². The molecule has 1 fully saturated rings. The Morgan fingerprint density at radius 2 is 2.00 bits per heavy atom. The Kier molecular flexibility index (Phi) is 5.81. The predicted octanol–water partition coefficient (Wildman–Crippen LogP) is 3.69. The van der Waals surface area contributed by atoms with Gasteiger partial charge in [0.1, 0.15) is 5.75 Å². The van der Waals surface area contributed by atoms with Crippen LogP contribution in [-0.4, -0.2) is 25.5 Å². The van der Waals surface area contributed by atoms with Gasteiger partial charge in [0.25, 0.3) is 0 Å². The predicted molar refractivity (Wildman–Crippen MR) is 101 cm³/mol. The quantitative estimate of drug-likeness (QED) is 0.824. The largest absolute Gasteiger partial charge is 0.495 e. The number of halogens is 3. The molecule has 8 heteroatoms. The minimum atomic E-state index is -4.44. The van der Waals surface area contributed by atoms with Crippen molar-refractivity contribution in [2.24, 2.45) is 5.92 Å². The Morgan fingerprint density at radius 1 is 1.24 bits per heavy atom. The molecule has 1 atom stereocenters. The van der Waals surface area contributed by atoms with Crippen LogP contribution >= 0.6 is 0 Å². The molecule has 1 heterocycles. The lowest BCUT2D eigenvalue weighted by molar-refractivity contribution is -0.137. The number of aryl methyl sites for hydroxylation is 1. The molecule has 29 heavy (non-hydrogen) atoms. The summed E-state index contributed by atoms with van der Waals surface area (Å²) in [6.45, 7) is 2.04. The molecule has 1 aliphatic heterocycles. The summed E-state index contributed by atoms with van der Waals surface area (Å²) in [5, 5.41) is 2.64. The Labute approximate surface area is 166 Å². The van der Waals surface area contributed by atoms with Crippen LogP contribution in [0.5, 0.6) is 5.75 Å². The number of nitrogens with zero attached hydrogens (tertiary/aromatic N) is 1. The molecule has 154 valence electrons. The van der Waals surface area contributed by atoms with Gasteiger partial charge >= 0.3 is 6.18 Å². The van der Waals surface area contributed by atoms with Crippen LogP contribution in [0.3, 0.4) is 0 Å². The van der Waals surface area contributed by atoms with Crippen molar-refractivity contribution in [3.63, 3.8) is 0 Å². The van der Waals surface area contributed by atoms with Gasteiger partial charge in [-0.15, -0.1) is 0 Å². The van der Waals surface area contributed by atoms with E-state index in [0.29, 0.717) is 17.0 Å². The first-order chi connectivity index (χ1) is 13.7. The SMILES string of the molecule is COc1ccc(C)cc1N1C[C@@H](C(=O)NCc2cccc(C(F)(F)F)c2)CC1=O. The summed E-state index contributed by atoms with van der Waals surface area (Å²) in [6.07, 6.45) is -4.41. The van der Waals surface area contributed by atoms with Crippen LogP contribution in [-0.2, 0) is 22.3 Å². The first kappa shape index (κ1) is 20.7. The third-order valence-electron chi connectivity index (χ3n) is 4.84. The van der Waals surface area contributed by atoms with Gasteiger partial charge in [0.05, 0.1) is 24.3 Å². The molecule has 2 amide bonds. The van der Waals surface area contributed by atoms with Crippen molar-refractivity contribution in [2.75, 3.05) is 18.6 Å². The van der Waals surface area contributed by atoms with E-state index in [9.17, 15) is 22.8 Å². The summed E-state index contributed by atoms with van der Waals surface area (Å²) in [4.78, 5) is 26.5. The van der Waals surface area contributed by atoms with Gasteiger partial charge < -0.3 is 15.0 Å². The van der Waals surface area contributed by atoms with Crippen LogP contribution in [0.1, 0.15) is 23.1 Å². The summed E-state index contributed by atoms with van der Waals surface area (Å²) < 4.78 is 43.7. The molecule has 2 aromatic rings. The number of nitrogens with one attached hydrogen (secondary N) is 1. The van der Waals surface area contributed by atoms with E-state index in [2.05, 4.69) is 5.32 Å². The normalized spacial score (nSPS) is 16.8. The second-order valence-electron chi connectivity index (χ2n) is 7.00. The number of carbonyl (C=O) groups excluding carboxylic acids is 2. The second kappa shape index (κ2) is 8.14. The van der Waals surface area contributed by atoms with Gasteiger partial charge in [-0.2, -0.15) is 13.2 Å². The van der Waals surface area contributed by atoms with E-state index in [1.165, 1.54) is 24.1 Å². The molecule has 3 rings (SSSR count). The fourth-order valence-electron chi connectivity index (χ4n) is 3.32. The topological polar surface area (TPSA) is 58.6 Å². The van der Waals surface area contributed by atoms with E-state index in [4.69, 9.17) is 4.74 Å². The first-order valence-electron chi connectivity index (χ1n) is 9.08. The van der Waals surface area contributed by atoms with Crippen LogP contribution in [0.2, 0.25) is 0 Å². The highest BCUT2D eigenvalue weighted by molar-refractivity contribution is 6.01. The third kappa shape index (κ3) is 4.70. The van der Waals surface area contributed by atoms with Gasteiger partial charge in [0.15, 0.2) is 0 Å². The van der Waals surface area contributed by atoms with Crippen molar-refractivity contribution >= 4 is 17.5 Å². The lowest BCUT2D eigenvalue weighted by Gasteiger charge is -2.20. The third-order valence-corrected chi connectivity index (χ3v) is 4.84. The van der Waals surface area contributed by atoms with E-state index < -0.39 is 17.7 Å². The zero-order valence-corrected chi connectivity index (χ0v) is 16.0. The fraction of sp³-hybridized carbons (Fsp3) is 0.333. The van der Waals surface area contributed by atoms with Gasteiger partial charge in [-0.25, -0.2) is 0 Å². The number of anilines is 1. The monoisotopic (exact) mass is 406 g/mol. The molecule has 1 N–H and O–H groups in total. The summed E-state index contributed by atoms with van der Waals surface area (Å²) in [5.74, 6) is -0.620. The average Bonchev–Trinajstić information content (AvgIpc) is 3.07. The summed E-state index contributed by atoms with van der Waals surface area (Å²) >= 11 is 0. The lowest BCUT2D eigenvalue weighted by Crippen LogP contribution is -2.32. The molecule has 0 spiro atoms. The molecular weight excluding hydrogens is 385 g/mol. The Hall–Kier alpha value is -3.03. The summed E-state index contributed by atoms with van der Waals surface area (Å²) in [6, 6.07) is 10.2. The van der Waals surface area contributed by atoms with Crippen molar-refractivity contribution in [3.8, 4) is 5.75 Å². The Morgan fingerprint density at radius 3 is 2.69 bits per heavy atom. The minimum absolute atomic E-state index is 0.0333. The number of alkyl halides is 3. The average molecular weight is 406 g/mol. The summed E-state index contributed by atoms with van der Waals surface area (Å²) in [7, 11) is 1.51. The van der Waals surface area contributed by atoms with Gasteiger partial charge in [-0.3, -0.25) is 9.59 Å². The molecule has 0 saturated carbocycles. The van der Waals surface area contributed by atoms with E-state index in [0.717, 1.165) is 17.7 Å². The van der Waals surface area contributed by atoms with Crippen LogP contribution < -0.4 is 15.0 Å². The van der Waals surface area contributed by atoms with Crippen molar-refractivity contribution in [3.05, 3.63) is 59.2 Å². The molecule has 1 saturated heterocycles. The summed E-state index contributed by atoms with van der Waals surface area (Å²) in [5.41, 5.74) is 1.13. The van der Waals surface area contributed by atoms with Crippen LogP contribution in [0.15, 0.2) is 42.5 Å². The van der Waals surface area contributed by atoms with E-state index in [-0.39, 0.29) is 31.3 Å². The molecule has 0 aromatic heterocycles. The first-order valence-corrected chi connectivity index (χ1v) is 9.08. The van der Waals surface area contributed by atoms with Crippen molar-refractivity contribution in [2.45, 2.75) is 26.1 Å². The highest BCUT2D eigenvalue weighted by Crippen LogP contribution is 2.34. The molecule has 5 nitrogen and oxygen atoms in total.